The SMILES string of the molecule is CC(C)CN(O)C=O. The molecule has 0 radical (unpaired) electrons. The van der Waals surface area contributed by atoms with Gasteiger partial charge in [-0.25, -0.2) is 5.06 Å². The zero-order valence-electron chi connectivity index (χ0n) is 5.16. The van der Waals surface area contributed by atoms with Gasteiger partial charge < -0.3 is 0 Å². The average Bonchev–Trinajstić information content (AvgIpc) is 1.65. The first-order chi connectivity index (χ1) is 3.66. The summed E-state index contributed by atoms with van der Waals surface area (Å²) in [5.74, 6) is 0.324. The normalized spacial score (nSPS) is 9.50. The first kappa shape index (κ1) is 7.43. The van der Waals surface area contributed by atoms with E-state index in [4.69, 9.17) is 5.21 Å². The molecule has 3 heteroatoms. The molecule has 0 aliphatic heterocycles. The highest BCUT2D eigenvalue weighted by atomic mass is 16.5. The number of hydrogen-bond acceptors (Lipinski definition) is 2. The number of carbonyl (C=O) groups is 1. The van der Waals surface area contributed by atoms with Gasteiger partial charge in [0.15, 0.2) is 0 Å². The number of hydroxylamine groups is 2. The molecule has 1 amide bonds. The molecule has 0 aliphatic rings. The summed E-state index contributed by atoms with van der Waals surface area (Å²) in [6.07, 6.45) is 0.403. The molecule has 48 valence electrons. The Hall–Kier alpha value is -0.570. The van der Waals surface area contributed by atoms with Crippen molar-refractivity contribution in [1.29, 1.82) is 0 Å². The number of hydrogen-bond donors (Lipinski definition) is 1. The van der Waals surface area contributed by atoms with Crippen molar-refractivity contribution < 1.29 is 10.0 Å². The van der Waals surface area contributed by atoms with Crippen molar-refractivity contribution in [1.82, 2.24) is 5.06 Å². The number of nitrogens with zero attached hydrogens (tertiary/aromatic N) is 1. The zero-order chi connectivity index (χ0) is 6.57. The lowest BCUT2D eigenvalue weighted by atomic mass is 10.2. The Kier molecular flexibility index (Phi) is 3.19. The molecular formula is C5H11NO2. The van der Waals surface area contributed by atoms with Gasteiger partial charge in [0.1, 0.15) is 0 Å². The minimum Gasteiger partial charge on any atom is -0.286 e. The van der Waals surface area contributed by atoms with Gasteiger partial charge in [-0.1, -0.05) is 13.8 Å². The third-order valence-electron chi connectivity index (χ3n) is 0.674. The molecule has 0 spiro atoms. The van der Waals surface area contributed by atoms with Gasteiger partial charge in [-0.2, -0.15) is 0 Å². The van der Waals surface area contributed by atoms with E-state index in [0.29, 0.717) is 23.9 Å². The predicted molar refractivity (Wildman–Crippen MR) is 29.4 cm³/mol. The molecule has 8 heavy (non-hydrogen) atoms. The molecule has 0 bridgehead atoms. The summed E-state index contributed by atoms with van der Waals surface area (Å²) in [5.41, 5.74) is 0. The minimum atomic E-state index is 0.324. The van der Waals surface area contributed by atoms with E-state index < -0.39 is 0 Å². The van der Waals surface area contributed by atoms with Gasteiger partial charge in [-0.3, -0.25) is 10.0 Å². The van der Waals surface area contributed by atoms with Crippen LogP contribution in [0.15, 0.2) is 0 Å². The van der Waals surface area contributed by atoms with Crippen molar-refractivity contribution >= 4 is 6.41 Å². The van der Waals surface area contributed by atoms with Gasteiger partial charge in [0.2, 0.25) is 6.41 Å². The van der Waals surface area contributed by atoms with E-state index in [1.54, 1.807) is 0 Å². The van der Waals surface area contributed by atoms with Crippen LogP contribution in [0.25, 0.3) is 0 Å². The fourth-order valence-corrected chi connectivity index (χ4v) is 0.417. The van der Waals surface area contributed by atoms with Gasteiger partial charge in [-0.05, 0) is 5.92 Å². The zero-order valence-corrected chi connectivity index (χ0v) is 5.16. The summed E-state index contributed by atoms with van der Waals surface area (Å²) in [4.78, 5) is 9.72. The number of amides is 1. The lowest BCUT2D eigenvalue weighted by Gasteiger charge is -2.09. The summed E-state index contributed by atoms with van der Waals surface area (Å²) < 4.78 is 0. The monoisotopic (exact) mass is 117 g/mol. The van der Waals surface area contributed by atoms with Crippen LogP contribution in [0.2, 0.25) is 0 Å². The quantitative estimate of drug-likeness (QED) is 0.332. The van der Waals surface area contributed by atoms with Crippen LogP contribution < -0.4 is 0 Å². The van der Waals surface area contributed by atoms with Gasteiger partial charge in [-0.15, -0.1) is 0 Å². The molecule has 0 atom stereocenters. The van der Waals surface area contributed by atoms with Gasteiger partial charge in [0.05, 0.1) is 6.54 Å². The second kappa shape index (κ2) is 3.43. The predicted octanol–water partition coefficient (Wildman–Crippen LogP) is 0.490. The highest BCUT2D eigenvalue weighted by Crippen LogP contribution is 1.91. The summed E-state index contributed by atoms with van der Waals surface area (Å²) in [5, 5.41) is 9.14. The Labute approximate surface area is 48.9 Å². The Morgan fingerprint density at radius 2 is 2.25 bits per heavy atom. The third-order valence-corrected chi connectivity index (χ3v) is 0.674. The molecule has 0 aliphatic carbocycles. The lowest BCUT2D eigenvalue weighted by molar-refractivity contribution is -0.151. The standard InChI is InChI=1S/C5H11NO2/c1-5(2)3-6(8)4-7/h4-5,8H,3H2,1-2H3. The third kappa shape index (κ3) is 3.61. The molecule has 1 N–H and O–H groups in total. The van der Waals surface area contributed by atoms with Crippen LogP contribution >= 0.6 is 0 Å². The maximum atomic E-state index is 9.72. The van der Waals surface area contributed by atoms with Gasteiger partial charge in [0.25, 0.3) is 0 Å². The Bertz CT molecular complexity index is 72.8. The molecule has 0 saturated carbocycles. The first-order valence-electron chi connectivity index (χ1n) is 2.57. The maximum Gasteiger partial charge on any atom is 0.233 e. The highest BCUT2D eigenvalue weighted by molar-refractivity contribution is 5.44. The fraction of sp³-hybridized carbons (Fsp3) is 0.800. The van der Waals surface area contributed by atoms with E-state index in [2.05, 4.69) is 0 Å². The summed E-state index contributed by atoms with van der Waals surface area (Å²) in [7, 11) is 0. The molecule has 0 unspecified atom stereocenters. The first-order valence-corrected chi connectivity index (χ1v) is 2.57. The molecule has 0 aromatic rings. The number of rotatable bonds is 3. The van der Waals surface area contributed by atoms with Crippen LogP contribution in [0.3, 0.4) is 0 Å². The lowest BCUT2D eigenvalue weighted by Crippen LogP contribution is -2.21. The van der Waals surface area contributed by atoms with Crippen molar-refractivity contribution in [2.24, 2.45) is 5.92 Å². The van der Waals surface area contributed by atoms with Crippen LogP contribution in [0, 0.1) is 5.92 Å². The largest absolute Gasteiger partial charge is 0.286 e. The van der Waals surface area contributed by atoms with E-state index in [1.165, 1.54) is 0 Å². The molecular weight excluding hydrogens is 106 g/mol. The summed E-state index contributed by atoms with van der Waals surface area (Å²) in [6.45, 7) is 4.25. The van der Waals surface area contributed by atoms with E-state index in [-0.39, 0.29) is 0 Å². The smallest absolute Gasteiger partial charge is 0.233 e. The van der Waals surface area contributed by atoms with Crippen LogP contribution in [0.4, 0.5) is 0 Å². The van der Waals surface area contributed by atoms with E-state index in [1.807, 2.05) is 13.8 Å². The number of carbonyl (C=O) groups excluding carboxylic acids is 1. The Morgan fingerprint density at radius 1 is 1.75 bits per heavy atom. The molecule has 0 fully saturated rings. The molecule has 0 saturated heterocycles. The topological polar surface area (TPSA) is 40.5 Å². The van der Waals surface area contributed by atoms with E-state index in [9.17, 15) is 4.79 Å². The van der Waals surface area contributed by atoms with Crippen LogP contribution in [-0.4, -0.2) is 23.2 Å². The average molecular weight is 117 g/mol. The van der Waals surface area contributed by atoms with Crippen LogP contribution in [-0.2, 0) is 4.79 Å². The van der Waals surface area contributed by atoms with Crippen molar-refractivity contribution in [2.75, 3.05) is 6.54 Å². The van der Waals surface area contributed by atoms with Crippen molar-refractivity contribution in [3.8, 4) is 0 Å². The minimum absolute atomic E-state index is 0.324. The van der Waals surface area contributed by atoms with E-state index in [0.717, 1.165) is 0 Å². The van der Waals surface area contributed by atoms with Crippen molar-refractivity contribution in [3.05, 3.63) is 0 Å². The second-order valence-corrected chi connectivity index (χ2v) is 2.12. The maximum absolute atomic E-state index is 9.72. The summed E-state index contributed by atoms with van der Waals surface area (Å²) >= 11 is 0. The molecule has 0 aromatic heterocycles. The molecule has 0 rings (SSSR count). The van der Waals surface area contributed by atoms with Crippen LogP contribution in [0.5, 0.6) is 0 Å². The van der Waals surface area contributed by atoms with Crippen molar-refractivity contribution in [2.45, 2.75) is 13.8 Å². The fourth-order valence-electron chi connectivity index (χ4n) is 0.417. The molecule has 3 nitrogen and oxygen atoms in total. The molecule has 0 heterocycles. The Balaban J connectivity index is 3.23. The van der Waals surface area contributed by atoms with Crippen LogP contribution in [0.1, 0.15) is 13.8 Å². The van der Waals surface area contributed by atoms with E-state index >= 15 is 0 Å². The van der Waals surface area contributed by atoms with Gasteiger partial charge in [0, 0.05) is 0 Å². The molecule has 0 aromatic carbocycles. The van der Waals surface area contributed by atoms with Gasteiger partial charge >= 0.3 is 0 Å². The Morgan fingerprint density at radius 3 is 2.38 bits per heavy atom. The summed E-state index contributed by atoms with van der Waals surface area (Å²) in [6, 6.07) is 0. The van der Waals surface area contributed by atoms with Crippen molar-refractivity contribution in [3.63, 3.8) is 0 Å². The second-order valence-electron chi connectivity index (χ2n) is 2.12. The highest BCUT2D eigenvalue weighted by Gasteiger charge is 1.97.